The Hall–Kier alpha value is -2.70. The van der Waals surface area contributed by atoms with Crippen LogP contribution < -0.4 is 4.74 Å². The Bertz CT molecular complexity index is 1050. The average molecular weight is 412 g/mol. The van der Waals surface area contributed by atoms with Crippen molar-refractivity contribution in [3.63, 3.8) is 0 Å². The highest BCUT2D eigenvalue weighted by Gasteiger charge is 2.16. The molecule has 0 unspecified atom stereocenters. The summed E-state index contributed by atoms with van der Waals surface area (Å²) >= 11 is 7.80. The smallest absolute Gasteiger partial charge is 0.192 e. The van der Waals surface area contributed by atoms with Crippen LogP contribution in [0.5, 0.6) is 5.75 Å². The van der Waals surface area contributed by atoms with Crippen molar-refractivity contribution in [3.8, 4) is 17.1 Å². The molecule has 0 N–H and O–H groups in total. The molecule has 0 saturated heterocycles. The Kier molecular flexibility index (Phi) is 5.69. The lowest BCUT2D eigenvalue weighted by atomic mass is 10.2. The summed E-state index contributed by atoms with van der Waals surface area (Å²) in [4.78, 5) is 0. The number of halogens is 1. The summed E-state index contributed by atoms with van der Waals surface area (Å²) in [7, 11) is 1.66. The van der Waals surface area contributed by atoms with Crippen molar-refractivity contribution >= 4 is 23.4 Å². The molecule has 0 bridgehead atoms. The van der Waals surface area contributed by atoms with Crippen molar-refractivity contribution in [1.82, 2.24) is 14.8 Å². The molecule has 142 valence electrons. The third-order valence-corrected chi connectivity index (χ3v) is 5.49. The van der Waals surface area contributed by atoms with Crippen LogP contribution in [-0.4, -0.2) is 21.9 Å². The summed E-state index contributed by atoms with van der Waals surface area (Å²) in [5.41, 5.74) is 2.10. The number of methoxy groups -OCH3 is 1. The van der Waals surface area contributed by atoms with Crippen molar-refractivity contribution in [2.24, 2.45) is 0 Å². The molecule has 2 aromatic heterocycles. The van der Waals surface area contributed by atoms with Crippen LogP contribution in [0.1, 0.15) is 11.3 Å². The number of ether oxygens (including phenoxy) is 1. The number of furan rings is 1. The molecule has 5 nitrogen and oxygen atoms in total. The Labute approximate surface area is 172 Å². The van der Waals surface area contributed by atoms with Gasteiger partial charge in [-0.3, -0.25) is 4.57 Å². The Morgan fingerprint density at radius 3 is 2.64 bits per heavy atom. The molecule has 4 aromatic rings. The second-order valence-electron chi connectivity index (χ2n) is 6.12. The number of hydrogen-bond acceptors (Lipinski definition) is 5. The van der Waals surface area contributed by atoms with Crippen molar-refractivity contribution in [1.29, 1.82) is 0 Å². The van der Waals surface area contributed by atoms with Crippen molar-refractivity contribution in [2.45, 2.75) is 17.5 Å². The lowest BCUT2D eigenvalue weighted by Gasteiger charge is -2.09. The van der Waals surface area contributed by atoms with Gasteiger partial charge in [0.15, 0.2) is 11.0 Å². The molecule has 0 spiro atoms. The number of hydrogen-bond donors (Lipinski definition) is 0. The number of rotatable bonds is 7. The van der Waals surface area contributed by atoms with Gasteiger partial charge in [0.2, 0.25) is 0 Å². The molecule has 0 aliphatic rings. The van der Waals surface area contributed by atoms with E-state index in [1.807, 2.05) is 48.5 Å². The Morgan fingerprint density at radius 2 is 1.93 bits per heavy atom. The van der Waals surface area contributed by atoms with Crippen molar-refractivity contribution < 1.29 is 9.15 Å². The van der Waals surface area contributed by atoms with Gasteiger partial charge in [-0.2, -0.15) is 0 Å². The lowest BCUT2D eigenvalue weighted by molar-refractivity contribution is 0.414. The van der Waals surface area contributed by atoms with Crippen LogP contribution >= 0.6 is 23.4 Å². The van der Waals surface area contributed by atoms with E-state index in [2.05, 4.69) is 26.9 Å². The van der Waals surface area contributed by atoms with Gasteiger partial charge in [0.25, 0.3) is 0 Å². The molecular formula is C21H18ClN3O2S. The van der Waals surface area contributed by atoms with Crippen LogP contribution in [0.15, 0.2) is 76.5 Å². The standard InChI is InChI=1S/C21H18ClN3O2S/c1-26-18-9-7-15(8-10-18)14-28-21-24-23-20(16-4-2-5-17(22)12-16)25(21)13-19-6-3-11-27-19/h2-12H,13-14H2,1H3. The van der Waals surface area contributed by atoms with E-state index in [1.54, 1.807) is 25.1 Å². The van der Waals surface area contributed by atoms with Gasteiger partial charge in [-0.05, 0) is 42.0 Å². The molecule has 0 amide bonds. The van der Waals surface area contributed by atoms with E-state index in [4.69, 9.17) is 20.8 Å². The lowest BCUT2D eigenvalue weighted by Crippen LogP contribution is -2.03. The fourth-order valence-electron chi connectivity index (χ4n) is 2.81. The van der Waals surface area contributed by atoms with Crippen LogP contribution in [-0.2, 0) is 12.3 Å². The molecule has 0 saturated carbocycles. The predicted octanol–water partition coefficient (Wildman–Crippen LogP) is 5.54. The fraction of sp³-hybridized carbons (Fsp3) is 0.143. The van der Waals surface area contributed by atoms with Crippen LogP contribution in [0.3, 0.4) is 0 Å². The summed E-state index contributed by atoms with van der Waals surface area (Å²) in [5.74, 6) is 3.22. The SMILES string of the molecule is COc1ccc(CSc2nnc(-c3cccc(Cl)c3)n2Cc2ccco2)cc1. The zero-order valence-corrected chi connectivity index (χ0v) is 16.8. The first-order valence-corrected chi connectivity index (χ1v) is 10.1. The Balaban J connectivity index is 1.62. The van der Waals surface area contributed by atoms with Crippen molar-refractivity contribution in [3.05, 3.63) is 83.3 Å². The van der Waals surface area contributed by atoms with Gasteiger partial charge in [0, 0.05) is 16.3 Å². The molecule has 0 atom stereocenters. The summed E-state index contributed by atoms with van der Waals surface area (Å²) in [6.07, 6.45) is 1.67. The summed E-state index contributed by atoms with van der Waals surface area (Å²) in [6.45, 7) is 0.548. The summed E-state index contributed by atoms with van der Waals surface area (Å²) in [6, 6.07) is 19.5. The largest absolute Gasteiger partial charge is 0.497 e. The zero-order valence-electron chi connectivity index (χ0n) is 15.2. The monoisotopic (exact) mass is 411 g/mol. The second kappa shape index (κ2) is 8.54. The molecule has 2 aromatic carbocycles. The van der Waals surface area contributed by atoms with Gasteiger partial charge in [-0.15, -0.1) is 10.2 Å². The first-order valence-electron chi connectivity index (χ1n) is 8.70. The highest BCUT2D eigenvalue weighted by atomic mass is 35.5. The van der Waals surface area contributed by atoms with Crippen molar-refractivity contribution in [2.75, 3.05) is 7.11 Å². The van der Waals surface area contributed by atoms with Crippen LogP contribution in [0, 0.1) is 0 Å². The molecule has 0 fully saturated rings. The summed E-state index contributed by atoms with van der Waals surface area (Å²) in [5, 5.41) is 10.3. The van der Waals surface area contributed by atoms with E-state index in [1.165, 1.54) is 5.56 Å². The van der Waals surface area contributed by atoms with Gasteiger partial charge >= 0.3 is 0 Å². The highest BCUT2D eigenvalue weighted by Crippen LogP contribution is 2.29. The topological polar surface area (TPSA) is 53.1 Å². The van der Waals surface area contributed by atoms with Crippen LogP contribution in [0.4, 0.5) is 0 Å². The van der Waals surface area contributed by atoms with E-state index in [0.717, 1.165) is 33.8 Å². The average Bonchev–Trinajstić information content (AvgIpc) is 3.37. The zero-order chi connectivity index (χ0) is 19.3. The maximum atomic E-state index is 6.17. The van der Waals surface area contributed by atoms with E-state index in [0.29, 0.717) is 11.6 Å². The van der Waals surface area contributed by atoms with Crippen LogP contribution in [0.2, 0.25) is 5.02 Å². The van der Waals surface area contributed by atoms with Crippen LogP contribution in [0.25, 0.3) is 11.4 Å². The van der Waals surface area contributed by atoms with E-state index >= 15 is 0 Å². The molecule has 0 aliphatic heterocycles. The normalized spacial score (nSPS) is 10.9. The van der Waals surface area contributed by atoms with E-state index < -0.39 is 0 Å². The molecule has 0 radical (unpaired) electrons. The molecule has 28 heavy (non-hydrogen) atoms. The van der Waals surface area contributed by atoms with Gasteiger partial charge < -0.3 is 9.15 Å². The molecule has 7 heteroatoms. The minimum absolute atomic E-state index is 0.548. The Morgan fingerprint density at radius 1 is 1.07 bits per heavy atom. The summed E-state index contributed by atoms with van der Waals surface area (Å²) < 4.78 is 12.8. The van der Waals surface area contributed by atoms with E-state index in [-0.39, 0.29) is 0 Å². The molecular weight excluding hydrogens is 394 g/mol. The first kappa shape index (κ1) is 18.7. The second-order valence-corrected chi connectivity index (χ2v) is 7.50. The third kappa shape index (κ3) is 4.24. The fourth-order valence-corrected chi connectivity index (χ4v) is 3.89. The third-order valence-electron chi connectivity index (χ3n) is 4.22. The highest BCUT2D eigenvalue weighted by molar-refractivity contribution is 7.98. The minimum atomic E-state index is 0.548. The number of aromatic nitrogens is 3. The predicted molar refractivity (Wildman–Crippen MR) is 111 cm³/mol. The minimum Gasteiger partial charge on any atom is -0.497 e. The van der Waals surface area contributed by atoms with E-state index in [9.17, 15) is 0 Å². The van der Waals surface area contributed by atoms with Gasteiger partial charge in [-0.25, -0.2) is 0 Å². The van der Waals surface area contributed by atoms with Gasteiger partial charge in [0.1, 0.15) is 11.5 Å². The first-order chi connectivity index (χ1) is 13.7. The number of thioether (sulfide) groups is 1. The quantitative estimate of drug-likeness (QED) is 0.373. The molecule has 2 heterocycles. The van der Waals surface area contributed by atoms with Gasteiger partial charge in [0.05, 0.1) is 19.9 Å². The maximum Gasteiger partial charge on any atom is 0.192 e. The number of benzene rings is 2. The van der Waals surface area contributed by atoms with Gasteiger partial charge in [-0.1, -0.05) is 47.6 Å². The maximum absolute atomic E-state index is 6.17. The molecule has 4 rings (SSSR count). The number of nitrogens with zero attached hydrogens (tertiary/aromatic N) is 3. The molecule has 0 aliphatic carbocycles.